The zero-order valence-electron chi connectivity index (χ0n) is 12.9. The van der Waals surface area contributed by atoms with Gasteiger partial charge in [0.1, 0.15) is 5.75 Å². The van der Waals surface area contributed by atoms with E-state index in [-0.39, 0.29) is 6.10 Å². The number of anilines is 1. The van der Waals surface area contributed by atoms with E-state index >= 15 is 0 Å². The summed E-state index contributed by atoms with van der Waals surface area (Å²) >= 11 is 0. The highest BCUT2D eigenvalue weighted by Gasteiger charge is 2.02. The van der Waals surface area contributed by atoms with Crippen LogP contribution in [0.1, 0.15) is 25.0 Å². The van der Waals surface area contributed by atoms with Crippen molar-refractivity contribution in [2.75, 3.05) is 12.4 Å². The second-order valence-corrected chi connectivity index (χ2v) is 5.25. The monoisotopic (exact) mass is 285 g/mol. The predicted molar refractivity (Wildman–Crippen MR) is 86.7 cm³/mol. The summed E-state index contributed by atoms with van der Waals surface area (Å²) in [5.74, 6) is 0.898. The SMILES string of the molecule is COCc1ccccc1CNc1ccc(OC(C)C)cc1. The van der Waals surface area contributed by atoms with Crippen molar-refractivity contribution < 1.29 is 9.47 Å². The molecule has 3 nitrogen and oxygen atoms in total. The highest BCUT2D eigenvalue weighted by atomic mass is 16.5. The highest BCUT2D eigenvalue weighted by molar-refractivity contribution is 5.47. The lowest BCUT2D eigenvalue weighted by atomic mass is 10.1. The van der Waals surface area contributed by atoms with Gasteiger partial charge in [-0.2, -0.15) is 0 Å². The Morgan fingerprint density at radius 1 is 0.952 bits per heavy atom. The van der Waals surface area contributed by atoms with Crippen LogP contribution in [0.25, 0.3) is 0 Å². The number of methoxy groups -OCH3 is 1. The third-order valence-corrected chi connectivity index (χ3v) is 3.13. The molecule has 0 heterocycles. The van der Waals surface area contributed by atoms with E-state index in [1.807, 2.05) is 44.2 Å². The molecule has 0 spiro atoms. The van der Waals surface area contributed by atoms with Gasteiger partial charge in [0.2, 0.25) is 0 Å². The Bertz CT molecular complexity index is 549. The van der Waals surface area contributed by atoms with E-state index in [4.69, 9.17) is 9.47 Å². The van der Waals surface area contributed by atoms with Crippen LogP contribution in [0.3, 0.4) is 0 Å². The summed E-state index contributed by atoms with van der Waals surface area (Å²) in [6.45, 7) is 5.47. The minimum Gasteiger partial charge on any atom is -0.491 e. The van der Waals surface area contributed by atoms with Gasteiger partial charge in [0.05, 0.1) is 12.7 Å². The van der Waals surface area contributed by atoms with E-state index in [0.29, 0.717) is 6.61 Å². The van der Waals surface area contributed by atoms with E-state index in [2.05, 4.69) is 23.5 Å². The molecule has 0 aliphatic rings. The van der Waals surface area contributed by atoms with Gasteiger partial charge in [0.15, 0.2) is 0 Å². The molecular weight excluding hydrogens is 262 g/mol. The molecule has 0 saturated heterocycles. The van der Waals surface area contributed by atoms with E-state index in [9.17, 15) is 0 Å². The Balaban J connectivity index is 1.96. The van der Waals surface area contributed by atoms with Gasteiger partial charge >= 0.3 is 0 Å². The standard InChI is InChI=1S/C18H23NO2/c1-14(2)21-18-10-8-17(9-11-18)19-12-15-6-4-5-7-16(15)13-20-3/h4-11,14,19H,12-13H2,1-3H3. The molecule has 0 unspecified atom stereocenters. The summed E-state index contributed by atoms with van der Waals surface area (Å²) in [6.07, 6.45) is 0.199. The van der Waals surface area contributed by atoms with Crippen molar-refractivity contribution in [3.05, 3.63) is 59.7 Å². The van der Waals surface area contributed by atoms with Crippen LogP contribution in [-0.2, 0) is 17.9 Å². The van der Waals surface area contributed by atoms with Gasteiger partial charge < -0.3 is 14.8 Å². The topological polar surface area (TPSA) is 30.5 Å². The summed E-state index contributed by atoms with van der Waals surface area (Å²) in [5, 5.41) is 3.43. The summed E-state index contributed by atoms with van der Waals surface area (Å²) in [7, 11) is 1.72. The number of hydrogen-bond donors (Lipinski definition) is 1. The van der Waals surface area contributed by atoms with Crippen molar-refractivity contribution in [1.82, 2.24) is 0 Å². The number of ether oxygens (including phenoxy) is 2. The molecular formula is C18H23NO2. The molecule has 3 heteroatoms. The van der Waals surface area contributed by atoms with Crippen LogP contribution in [-0.4, -0.2) is 13.2 Å². The van der Waals surface area contributed by atoms with Crippen molar-refractivity contribution in [1.29, 1.82) is 0 Å². The fraction of sp³-hybridized carbons (Fsp3) is 0.333. The van der Waals surface area contributed by atoms with Crippen LogP contribution in [0.2, 0.25) is 0 Å². The average molecular weight is 285 g/mol. The van der Waals surface area contributed by atoms with Crippen LogP contribution in [0.4, 0.5) is 5.69 Å². The first-order valence-corrected chi connectivity index (χ1v) is 7.25. The number of hydrogen-bond acceptors (Lipinski definition) is 3. The van der Waals surface area contributed by atoms with Crippen molar-refractivity contribution in [3.8, 4) is 5.75 Å². The minimum atomic E-state index is 0.199. The number of rotatable bonds is 7. The van der Waals surface area contributed by atoms with Crippen molar-refractivity contribution >= 4 is 5.69 Å². The Morgan fingerprint density at radius 3 is 2.24 bits per heavy atom. The van der Waals surface area contributed by atoms with Crippen LogP contribution in [0, 0.1) is 0 Å². The molecule has 2 aromatic carbocycles. The molecule has 21 heavy (non-hydrogen) atoms. The minimum absolute atomic E-state index is 0.199. The summed E-state index contributed by atoms with van der Waals surface area (Å²) in [5.41, 5.74) is 3.55. The summed E-state index contributed by atoms with van der Waals surface area (Å²) in [4.78, 5) is 0. The van der Waals surface area contributed by atoms with Gasteiger partial charge in [-0.05, 0) is 49.2 Å². The third kappa shape index (κ3) is 4.80. The molecule has 0 aliphatic carbocycles. The largest absolute Gasteiger partial charge is 0.491 e. The second-order valence-electron chi connectivity index (χ2n) is 5.25. The zero-order chi connectivity index (χ0) is 15.1. The predicted octanol–water partition coefficient (Wildman–Crippen LogP) is 4.23. The molecule has 2 rings (SSSR count). The normalized spacial score (nSPS) is 10.7. The Labute approximate surface area is 126 Å². The van der Waals surface area contributed by atoms with Gasteiger partial charge in [0.25, 0.3) is 0 Å². The molecule has 0 bridgehead atoms. The molecule has 1 N–H and O–H groups in total. The maximum absolute atomic E-state index is 5.64. The summed E-state index contributed by atoms with van der Waals surface area (Å²) in [6, 6.07) is 16.4. The molecule has 0 aliphatic heterocycles. The zero-order valence-corrected chi connectivity index (χ0v) is 12.9. The number of nitrogens with one attached hydrogen (secondary N) is 1. The van der Waals surface area contributed by atoms with Crippen LogP contribution in [0.15, 0.2) is 48.5 Å². The Morgan fingerprint density at radius 2 is 1.62 bits per heavy atom. The van der Waals surface area contributed by atoms with Crippen molar-refractivity contribution in [3.63, 3.8) is 0 Å². The lowest BCUT2D eigenvalue weighted by Crippen LogP contribution is -2.06. The Kier molecular flexibility index (Phi) is 5.64. The molecule has 0 amide bonds. The van der Waals surface area contributed by atoms with Gasteiger partial charge in [-0.3, -0.25) is 0 Å². The van der Waals surface area contributed by atoms with Gasteiger partial charge in [-0.1, -0.05) is 24.3 Å². The van der Waals surface area contributed by atoms with Crippen molar-refractivity contribution in [2.24, 2.45) is 0 Å². The molecule has 2 aromatic rings. The van der Waals surface area contributed by atoms with E-state index in [1.54, 1.807) is 7.11 Å². The quantitative estimate of drug-likeness (QED) is 0.825. The third-order valence-electron chi connectivity index (χ3n) is 3.13. The second kappa shape index (κ2) is 7.70. The fourth-order valence-corrected chi connectivity index (χ4v) is 2.15. The average Bonchev–Trinajstić information content (AvgIpc) is 2.48. The van der Waals surface area contributed by atoms with Crippen molar-refractivity contribution in [2.45, 2.75) is 33.1 Å². The van der Waals surface area contributed by atoms with Crippen LogP contribution < -0.4 is 10.1 Å². The van der Waals surface area contributed by atoms with Crippen LogP contribution >= 0.6 is 0 Å². The van der Waals surface area contributed by atoms with Gasteiger partial charge in [-0.15, -0.1) is 0 Å². The maximum atomic E-state index is 5.64. The van der Waals surface area contributed by atoms with E-state index in [0.717, 1.165) is 18.0 Å². The molecule has 0 saturated carbocycles. The van der Waals surface area contributed by atoms with Gasteiger partial charge in [0, 0.05) is 19.3 Å². The fourth-order valence-electron chi connectivity index (χ4n) is 2.15. The molecule has 0 fully saturated rings. The molecule has 112 valence electrons. The number of benzene rings is 2. The lowest BCUT2D eigenvalue weighted by molar-refractivity contribution is 0.184. The molecule has 0 atom stereocenters. The smallest absolute Gasteiger partial charge is 0.119 e. The Hall–Kier alpha value is -2.00. The lowest BCUT2D eigenvalue weighted by Gasteiger charge is -2.13. The summed E-state index contributed by atoms with van der Waals surface area (Å²) < 4.78 is 10.9. The van der Waals surface area contributed by atoms with Gasteiger partial charge in [-0.25, -0.2) is 0 Å². The maximum Gasteiger partial charge on any atom is 0.119 e. The van der Waals surface area contributed by atoms with Crippen LogP contribution in [0.5, 0.6) is 5.75 Å². The first-order chi connectivity index (χ1) is 10.2. The first-order valence-electron chi connectivity index (χ1n) is 7.25. The molecule has 0 aromatic heterocycles. The molecule has 0 radical (unpaired) electrons. The van der Waals surface area contributed by atoms with E-state index < -0.39 is 0 Å². The first kappa shape index (κ1) is 15.4. The van der Waals surface area contributed by atoms with E-state index in [1.165, 1.54) is 11.1 Å². The highest BCUT2D eigenvalue weighted by Crippen LogP contribution is 2.18.